The number of hydrogen-bond donors (Lipinski definition) is 0. The molecule has 5 heteroatoms. The molecule has 0 aromatic heterocycles. The topological polar surface area (TPSA) is 40.6 Å². The second-order valence-electron chi connectivity index (χ2n) is 4.18. The van der Waals surface area contributed by atoms with Crippen LogP contribution >= 0.6 is 15.9 Å². The molecule has 2 fully saturated rings. The molecular weight excluding hydrogens is 260 g/mol. The minimum absolute atomic E-state index is 0.124. The van der Waals surface area contributed by atoms with Crippen LogP contribution in [0.25, 0.3) is 0 Å². The third kappa shape index (κ3) is 2.02. The minimum Gasteiger partial charge on any atom is -0.338 e. The Morgan fingerprint density at radius 3 is 2.93 bits per heavy atom. The maximum absolute atomic E-state index is 11.7. The summed E-state index contributed by atoms with van der Waals surface area (Å²) < 4.78 is 0. The van der Waals surface area contributed by atoms with Crippen LogP contribution in [0, 0.1) is 0 Å². The average molecular weight is 275 g/mol. The van der Waals surface area contributed by atoms with Crippen LogP contribution in [0.5, 0.6) is 0 Å². The standard InChI is InChI=1S/C10H15BrN2O2/c1-7(11)10(15)12-4-5-13-8(6-12)2-3-9(13)14/h7-8H,2-6H2,1H3. The van der Waals surface area contributed by atoms with Gasteiger partial charge in [-0.15, -0.1) is 0 Å². The molecular formula is C10H15BrN2O2. The largest absolute Gasteiger partial charge is 0.338 e. The fraction of sp³-hybridized carbons (Fsp3) is 0.800. The Morgan fingerprint density at radius 2 is 2.27 bits per heavy atom. The van der Waals surface area contributed by atoms with Crippen LogP contribution in [-0.4, -0.2) is 52.1 Å². The zero-order valence-electron chi connectivity index (χ0n) is 8.78. The van der Waals surface area contributed by atoms with Crippen molar-refractivity contribution in [2.45, 2.75) is 30.6 Å². The van der Waals surface area contributed by atoms with Gasteiger partial charge >= 0.3 is 0 Å². The van der Waals surface area contributed by atoms with E-state index in [1.807, 2.05) is 16.7 Å². The highest BCUT2D eigenvalue weighted by Crippen LogP contribution is 2.23. The first kappa shape index (κ1) is 10.9. The molecule has 4 nitrogen and oxygen atoms in total. The minimum atomic E-state index is -0.124. The van der Waals surface area contributed by atoms with Gasteiger partial charge in [0.15, 0.2) is 0 Å². The number of halogens is 1. The van der Waals surface area contributed by atoms with Gasteiger partial charge < -0.3 is 9.80 Å². The number of amides is 2. The number of piperazine rings is 1. The van der Waals surface area contributed by atoms with E-state index in [-0.39, 0.29) is 22.7 Å². The number of alkyl halides is 1. The number of carbonyl (C=O) groups is 2. The van der Waals surface area contributed by atoms with E-state index < -0.39 is 0 Å². The Morgan fingerprint density at radius 1 is 1.53 bits per heavy atom. The summed E-state index contributed by atoms with van der Waals surface area (Å²) in [6.45, 7) is 3.93. The van der Waals surface area contributed by atoms with Crippen LogP contribution < -0.4 is 0 Å². The predicted octanol–water partition coefficient (Wildman–Crippen LogP) is 0.603. The molecule has 0 aromatic rings. The molecule has 84 valence electrons. The van der Waals surface area contributed by atoms with Crippen molar-refractivity contribution < 1.29 is 9.59 Å². The highest BCUT2D eigenvalue weighted by atomic mass is 79.9. The summed E-state index contributed by atoms with van der Waals surface area (Å²) in [4.78, 5) is 26.8. The number of hydrogen-bond acceptors (Lipinski definition) is 2. The molecule has 2 saturated heterocycles. The smallest absolute Gasteiger partial charge is 0.236 e. The lowest BCUT2D eigenvalue weighted by Crippen LogP contribution is -2.54. The average Bonchev–Trinajstić information content (AvgIpc) is 2.59. The molecule has 2 heterocycles. The Bertz CT molecular complexity index is 293. The molecule has 0 aliphatic carbocycles. The lowest BCUT2D eigenvalue weighted by atomic mass is 10.1. The summed E-state index contributed by atoms with van der Waals surface area (Å²) >= 11 is 3.29. The zero-order chi connectivity index (χ0) is 11.0. The van der Waals surface area contributed by atoms with E-state index in [4.69, 9.17) is 0 Å². The first-order valence-corrected chi connectivity index (χ1v) is 6.23. The lowest BCUT2D eigenvalue weighted by molar-refractivity contribution is -0.138. The van der Waals surface area contributed by atoms with Gasteiger partial charge in [0.2, 0.25) is 11.8 Å². The van der Waals surface area contributed by atoms with Crippen molar-refractivity contribution in [1.29, 1.82) is 0 Å². The lowest BCUT2D eigenvalue weighted by Gasteiger charge is -2.38. The molecule has 0 bridgehead atoms. The van der Waals surface area contributed by atoms with E-state index >= 15 is 0 Å². The van der Waals surface area contributed by atoms with Gasteiger partial charge in [0.25, 0.3) is 0 Å². The molecule has 2 amide bonds. The first-order valence-electron chi connectivity index (χ1n) is 5.32. The van der Waals surface area contributed by atoms with Gasteiger partial charge in [0, 0.05) is 32.1 Å². The van der Waals surface area contributed by atoms with E-state index in [1.54, 1.807) is 0 Å². The molecule has 2 unspecified atom stereocenters. The Kier molecular flexibility index (Phi) is 3.00. The van der Waals surface area contributed by atoms with Crippen molar-refractivity contribution in [3.05, 3.63) is 0 Å². The predicted molar refractivity (Wildman–Crippen MR) is 59.7 cm³/mol. The van der Waals surface area contributed by atoms with Crippen LogP contribution in [-0.2, 0) is 9.59 Å². The van der Waals surface area contributed by atoms with Crippen LogP contribution in [0.2, 0.25) is 0 Å². The Hall–Kier alpha value is -0.580. The fourth-order valence-corrected chi connectivity index (χ4v) is 2.61. The Labute approximate surface area is 97.7 Å². The quantitative estimate of drug-likeness (QED) is 0.658. The summed E-state index contributed by atoms with van der Waals surface area (Å²) in [5.74, 6) is 0.382. The molecule has 0 spiro atoms. The van der Waals surface area contributed by atoms with Crippen LogP contribution in [0.3, 0.4) is 0 Å². The van der Waals surface area contributed by atoms with Gasteiger partial charge in [-0.1, -0.05) is 15.9 Å². The van der Waals surface area contributed by atoms with E-state index in [0.29, 0.717) is 26.1 Å². The van der Waals surface area contributed by atoms with Crippen molar-refractivity contribution in [3.8, 4) is 0 Å². The number of nitrogens with zero attached hydrogens (tertiary/aromatic N) is 2. The van der Waals surface area contributed by atoms with Crippen molar-refractivity contribution >= 4 is 27.7 Å². The first-order chi connectivity index (χ1) is 7.09. The molecule has 0 saturated carbocycles. The highest BCUT2D eigenvalue weighted by Gasteiger charge is 2.37. The van der Waals surface area contributed by atoms with Gasteiger partial charge in [-0.05, 0) is 13.3 Å². The van der Waals surface area contributed by atoms with Gasteiger partial charge in [-0.3, -0.25) is 9.59 Å². The summed E-state index contributed by atoms with van der Waals surface area (Å²) in [5.41, 5.74) is 0. The van der Waals surface area contributed by atoms with Gasteiger partial charge in [0.05, 0.1) is 4.83 Å². The van der Waals surface area contributed by atoms with E-state index in [2.05, 4.69) is 15.9 Å². The summed E-state index contributed by atoms with van der Waals surface area (Å²) in [5, 5.41) is 0. The second kappa shape index (κ2) is 4.12. The van der Waals surface area contributed by atoms with Crippen molar-refractivity contribution in [1.82, 2.24) is 9.80 Å². The van der Waals surface area contributed by atoms with Gasteiger partial charge in [0.1, 0.15) is 0 Å². The molecule has 2 aliphatic heterocycles. The summed E-state index contributed by atoms with van der Waals surface area (Å²) in [7, 11) is 0. The molecule has 0 radical (unpaired) electrons. The maximum atomic E-state index is 11.7. The molecule has 0 aromatic carbocycles. The third-order valence-corrected chi connectivity index (χ3v) is 3.54. The highest BCUT2D eigenvalue weighted by molar-refractivity contribution is 9.10. The third-order valence-electron chi connectivity index (χ3n) is 3.15. The molecule has 2 atom stereocenters. The van der Waals surface area contributed by atoms with E-state index in [1.165, 1.54) is 0 Å². The van der Waals surface area contributed by atoms with E-state index in [0.717, 1.165) is 6.42 Å². The second-order valence-corrected chi connectivity index (χ2v) is 5.55. The zero-order valence-corrected chi connectivity index (χ0v) is 10.4. The number of fused-ring (bicyclic) bond motifs is 1. The maximum Gasteiger partial charge on any atom is 0.236 e. The SMILES string of the molecule is CC(Br)C(=O)N1CCN2C(=O)CCC2C1. The van der Waals surface area contributed by atoms with Crippen LogP contribution in [0.1, 0.15) is 19.8 Å². The fourth-order valence-electron chi connectivity index (χ4n) is 2.32. The van der Waals surface area contributed by atoms with Crippen molar-refractivity contribution in [2.24, 2.45) is 0 Å². The van der Waals surface area contributed by atoms with Gasteiger partial charge in [-0.2, -0.15) is 0 Å². The summed E-state index contributed by atoms with van der Waals surface area (Å²) in [6.07, 6.45) is 1.55. The number of rotatable bonds is 1. The van der Waals surface area contributed by atoms with Crippen LogP contribution in [0.4, 0.5) is 0 Å². The summed E-state index contributed by atoms with van der Waals surface area (Å²) in [6, 6.07) is 0.265. The van der Waals surface area contributed by atoms with Gasteiger partial charge in [-0.25, -0.2) is 0 Å². The molecule has 15 heavy (non-hydrogen) atoms. The van der Waals surface area contributed by atoms with Crippen molar-refractivity contribution in [3.63, 3.8) is 0 Å². The normalized spacial score (nSPS) is 27.9. The van der Waals surface area contributed by atoms with Crippen LogP contribution in [0.15, 0.2) is 0 Å². The molecule has 2 rings (SSSR count). The van der Waals surface area contributed by atoms with Crippen molar-refractivity contribution in [2.75, 3.05) is 19.6 Å². The number of carbonyl (C=O) groups excluding carboxylic acids is 2. The Balaban J connectivity index is 1.99. The molecule has 0 N–H and O–H groups in total. The monoisotopic (exact) mass is 274 g/mol. The molecule has 2 aliphatic rings. The van der Waals surface area contributed by atoms with E-state index in [9.17, 15) is 9.59 Å².